The minimum absolute atomic E-state index is 0.0689. The normalized spacial score (nSPS) is 24.0. The van der Waals surface area contributed by atoms with E-state index >= 15 is 0 Å². The molecule has 0 spiro atoms. The molecule has 0 bridgehead atoms. The molecule has 35 heavy (non-hydrogen) atoms. The number of nitrogens with zero attached hydrogens (tertiary/aromatic N) is 1. The number of hydrogen-bond acceptors (Lipinski definition) is 4. The lowest BCUT2D eigenvalue weighted by Crippen LogP contribution is -2.61. The van der Waals surface area contributed by atoms with Crippen LogP contribution in [0.5, 0.6) is 0 Å². The fraction of sp³-hybridized carbons (Fsp3) is 0.464. The monoisotopic (exact) mass is 476 g/mol. The van der Waals surface area contributed by atoms with Crippen molar-refractivity contribution in [3.05, 3.63) is 59.7 Å². The summed E-state index contributed by atoms with van der Waals surface area (Å²) >= 11 is 0. The molecule has 2 aromatic carbocycles. The number of carboxylic acid groups (broad SMARTS) is 1. The molecule has 5 rings (SSSR count). The van der Waals surface area contributed by atoms with Crippen LogP contribution in [0.3, 0.4) is 0 Å². The van der Waals surface area contributed by atoms with Crippen LogP contribution in [0.25, 0.3) is 11.1 Å². The van der Waals surface area contributed by atoms with Crippen LogP contribution < -0.4 is 5.32 Å². The van der Waals surface area contributed by atoms with Crippen molar-refractivity contribution in [3.8, 4) is 11.1 Å². The van der Waals surface area contributed by atoms with Gasteiger partial charge < -0.3 is 20.1 Å². The van der Waals surface area contributed by atoms with Crippen LogP contribution in [-0.4, -0.2) is 52.7 Å². The molecule has 7 heteroatoms. The highest BCUT2D eigenvalue weighted by Crippen LogP contribution is 2.44. The van der Waals surface area contributed by atoms with Crippen molar-refractivity contribution in [1.82, 2.24) is 10.2 Å². The van der Waals surface area contributed by atoms with Crippen molar-refractivity contribution in [1.29, 1.82) is 0 Å². The number of hydrogen-bond donors (Lipinski definition) is 2. The molecule has 1 aliphatic heterocycles. The zero-order valence-electron chi connectivity index (χ0n) is 20.0. The van der Waals surface area contributed by atoms with Crippen LogP contribution in [0.1, 0.15) is 62.5 Å². The Morgan fingerprint density at radius 3 is 2.26 bits per heavy atom. The molecule has 2 fully saturated rings. The SMILES string of the molecule is C[C@@H](NC(=O)OCC1c2ccccc2-c2ccccc21)C(=O)N1C(C(=O)O)CCC2CCCCC21. The van der Waals surface area contributed by atoms with E-state index in [1.54, 1.807) is 11.8 Å². The second-order valence-electron chi connectivity index (χ2n) is 9.98. The van der Waals surface area contributed by atoms with E-state index < -0.39 is 24.1 Å². The number of amides is 2. The number of aliphatic carboxylic acids is 1. The van der Waals surface area contributed by atoms with Crippen molar-refractivity contribution in [2.45, 2.75) is 69.5 Å². The Morgan fingerprint density at radius 1 is 0.971 bits per heavy atom. The van der Waals surface area contributed by atoms with E-state index in [0.717, 1.165) is 54.4 Å². The largest absolute Gasteiger partial charge is 0.480 e. The molecule has 184 valence electrons. The Kier molecular flexibility index (Phi) is 6.50. The number of nitrogens with one attached hydrogen (secondary N) is 1. The second-order valence-corrected chi connectivity index (χ2v) is 9.98. The van der Waals surface area contributed by atoms with Crippen molar-refractivity contribution < 1.29 is 24.2 Å². The minimum Gasteiger partial charge on any atom is -0.480 e. The van der Waals surface area contributed by atoms with E-state index in [-0.39, 0.29) is 24.5 Å². The topological polar surface area (TPSA) is 95.9 Å². The van der Waals surface area contributed by atoms with Crippen LogP contribution in [0.2, 0.25) is 0 Å². The molecule has 1 saturated heterocycles. The summed E-state index contributed by atoms with van der Waals surface area (Å²) < 4.78 is 5.59. The fourth-order valence-electron chi connectivity index (χ4n) is 6.29. The third kappa shape index (κ3) is 4.40. The van der Waals surface area contributed by atoms with E-state index in [9.17, 15) is 19.5 Å². The Balaban J connectivity index is 1.25. The molecule has 2 aromatic rings. The average Bonchev–Trinajstić information content (AvgIpc) is 3.20. The summed E-state index contributed by atoms with van der Waals surface area (Å²) in [7, 11) is 0. The first kappa shape index (κ1) is 23.4. The summed E-state index contributed by atoms with van der Waals surface area (Å²) in [5, 5.41) is 12.4. The van der Waals surface area contributed by atoms with Crippen LogP contribution in [0.4, 0.5) is 4.79 Å². The molecule has 2 N–H and O–H groups in total. The number of piperidine rings is 1. The fourth-order valence-corrected chi connectivity index (χ4v) is 6.29. The molecule has 7 nitrogen and oxygen atoms in total. The molecule has 1 heterocycles. The third-order valence-corrected chi connectivity index (χ3v) is 7.96. The summed E-state index contributed by atoms with van der Waals surface area (Å²) in [6, 6.07) is 14.4. The molecule has 3 aliphatic rings. The second kappa shape index (κ2) is 9.72. The average molecular weight is 477 g/mol. The predicted molar refractivity (Wildman–Crippen MR) is 131 cm³/mol. The molecule has 1 saturated carbocycles. The Bertz CT molecular complexity index is 1090. The van der Waals surface area contributed by atoms with E-state index in [1.807, 2.05) is 24.3 Å². The van der Waals surface area contributed by atoms with Gasteiger partial charge in [0.25, 0.3) is 0 Å². The number of likely N-dealkylation sites (tertiary alicyclic amines) is 1. The van der Waals surface area contributed by atoms with Gasteiger partial charge in [-0.3, -0.25) is 4.79 Å². The molecular weight excluding hydrogens is 444 g/mol. The Morgan fingerprint density at radius 2 is 1.60 bits per heavy atom. The van der Waals surface area contributed by atoms with Gasteiger partial charge in [0.2, 0.25) is 5.91 Å². The summed E-state index contributed by atoms with van der Waals surface area (Å²) in [4.78, 5) is 39.6. The first-order valence-electron chi connectivity index (χ1n) is 12.6. The standard InChI is InChI=1S/C28H32N2O5/c1-17(26(31)30-24-13-7-2-8-18(24)14-15-25(30)27(32)33)29-28(34)35-16-23-21-11-5-3-9-19(21)20-10-4-6-12-22(20)23/h3-6,9-12,17-18,23-25H,2,7-8,13-16H2,1H3,(H,29,34)(H,32,33)/t17-,18?,24?,25?/m1/s1. The van der Waals surface area contributed by atoms with Gasteiger partial charge in [-0.1, -0.05) is 61.4 Å². The van der Waals surface area contributed by atoms with E-state index in [2.05, 4.69) is 29.6 Å². The van der Waals surface area contributed by atoms with E-state index in [0.29, 0.717) is 12.3 Å². The van der Waals surface area contributed by atoms with Crippen LogP contribution in [-0.2, 0) is 14.3 Å². The zero-order chi connectivity index (χ0) is 24.5. The van der Waals surface area contributed by atoms with Gasteiger partial charge in [0.05, 0.1) is 0 Å². The maximum atomic E-state index is 13.4. The quantitative estimate of drug-likeness (QED) is 0.660. The lowest BCUT2D eigenvalue weighted by atomic mass is 9.76. The van der Waals surface area contributed by atoms with Gasteiger partial charge in [-0.05, 0) is 60.8 Å². The van der Waals surface area contributed by atoms with E-state index in [4.69, 9.17) is 4.74 Å². The summed E-state index contributed by atoms with van der Waals surface area (Å²) in [6.07, 6.45) is 4.57. The maximum Gasteiger partial charge on any atom is 0.407 e. The van der Waals surface area contributed by atoms with Gasteiger partial charge in [0.15, 0.2) is 0 Å². The van der Waals surface area contributed by atoms with Gasteiger partial charge in [-0.2, -0.15) is 0 Å². The maximum absolute atomic E-state index is 13.4. The summed E-state index contributed by atoms with van der Waals surface area (Å²) in [5.74, 6) is -1.05. The number of ether oxygens (including phenoxy) is 1. The van der Waals surface area contributed by atoms with Gasteiger partial charge in [0.1, 0.15) is 18.7 Å². The van der Waals surface area contributed by atoms with Crippen molar-refractivity contribution in [3.63, 3.8) is 0 Å². The first-order valence-corrected chi connectivity index (χ1v) is 12.6. The molecule has 0 radical (unpaired) electrons. The molecule has 3 unspecified atom stereocenters. The molecule has 2 amide bonds. The molecular formula is C28H32N2O5. The number of carboxylic acids is 1. The lowest BCUT2D eigenvalue weighted by Gasteiger charge is -2.47. The molecule has 2 aliphatic carbocycles. The van der Waals surface area contributed by atoms with Gasteiger partial charge in [-0.25, -0.2) is 9.59 Å². The Labute approximate surface area is 205 Å². The molecule has 0 aromatic heterocycles. The minimum atomic E-state index is -0.976. The number of benzene rings is 2. The predicted octanol–water partition coefficient (Wildman–Crippen LogP) is 4.55. The van der Waals surface area contributed by atoms with Gasteiger partial charge >= 0.3 is 12.1 Å². The lowest BCUT2D eigenvalue weighted by molar-refractivity contribution is -0.159. The van der Waals surface area contributed by atoms with Crippen molar-refractivity contribution in [2.24, 2.45) is 5.92 Å². The van der Waals surface area contributed by atoms with Crippen LogP contribution >= 0.6 is 0 Å². The highest BCUT2D eigenvalue weighted by Gasteiger charge is 2.45. The third-order valence-electron chi connectivity index (χ3n) is 7.96. The van der Waals surface area contributed by atoms with Crippen LogP contribution in [0, 0.1) is 5.92 Å². The Hall–Kier alpha value is -3.35. The van der Waals surface area contributed by atoms with E-state index in [1.165, 1.54) is 0 Å². The van der Waals surface area contributed by atoms with Gasteiger partial charge in [0, 0.05) is 12.0 Å². The first-order chi connectivity index (χ1) is 17.0. The van der Waals surface area contributed by atoms with Gasteiger partial charge in [-0.15, -0.1) is 0 Å². The number of rotatable bonds is 5. The number of alkyl carbamates (subject to hydrolysis) is 1. The highest BCUT2D eigenvalue weighted by atomic mass is 16.5. The highest BCUT2D eigenvalue weighted by molar-refractivity contribution is 5.89. The number of carbonyl (C=O) groups is 3. The zero-order valence-corrected chi connectivity index (χ0v) is 20.0. The summed E-state index contributed by atoms with van der Waals surface area (Å²) in [6.45, 7) is 1.77. The van der Waals surface area contributed by atoms with Crippen molar-refractivity contribution >= 4 is 18.0 Å². The smallest absolute Gasteiger partial charge is 0.407 e. The molecule has 4 atom stereocenters. The van der Waals surface area contributed by atoms with Crippen molar-refractivity contribution in [2.75, 3.05) is 6.61 Å². The number of carbonyl (C=O) groups excluding carboxylic acids is 2. The number of fused-ring (bicyclic) bond motifs is 4. The van der Waals surface area contributed by atoms with Crippen LogP contribution in [0.15, 0.2) is 48.5 Å². The summed E-state index contributed by atoms with van der Waals surface area (Å²) in [5.41, 5.74) is 4.53.